The highest BCUT2D eigenvalue weighted by Gasteiger charge is 2.32. The molecule has 3 aromatic carbocycles. The lowest BCUT2D eigenvalue weighted by Gasteiger charge is -2.23. The zero-order valence-electron chi connectivity index (χ0n) is 15.6. The highest BCUT2D eigenvalue weighted by molar-refractivity contribution is 5.90. The van der Waals surface area contributed by atoms with Crippen molar-refractivity contribution >= 4 is 11.7 Å². The summed E-state index contributed by atoms with van der Waals surface area (Å²) in [5, 5.41) is 3.04. The normalized spacial score (nSPS) is 12.6. The number of urea groups is 1. The van der Waals surface area contributed by atoms with Gasteiger partial charge in [-0.15, -0.1) is 0 Å². The summed E-state index contributed by atoms with van der Waals surface area (Å²) in [5.74, 6) is 6.32. The molecule has 0 aromatic heterocycles. The van der Waals surface area contributed by atoms with E-state index in [1.54, 1.807) is 0 Å². The first-order valence-electron chi connectivity index (χ1n) is 9.56. The highest BCUT2D eigenvalue weighted by Crippen LogP contribution is 2.29. The molecule has 1 fully saturated rings. The predicted molar refractivity (Wildman–Crippen MR) is 113 cm³/mol. The molecule has 0 unspecified atom stereocenters. The zero-order chi connectivity index (χ0) is 19.2. The number of anilines is 1. The first-order chi connectivity index (χ1) is 13.8. The largest absolute Gasteiger partial charge is 0.322 e. The first-order valence-corrected chi connectivity index (χ1v) is 9.56. The van der Waals surface area contributed by atoms with Crippen molar-refractivity contribution in [3.05, 3.63) is 102 Å². The zero-order valence-corrected chi connectivity index (χ0v) is 15.6. The van der Waals surface area contributed by atoms with Crippen LogP contribution >= 0.6 is 0 Å². The summed E-state index contributed by atoms with van der Waals surface area (Å²) in [4.78, 5) is 14.8. The summed E-state index contributed by atoms with van der Waals surface area (Å²) in [7, 11) is 0. The van der Waals surface area contributed by atoms with E-state index >= 15 is 0 Å². The SMILES string of the molecule is O=C(Nc1cccc(C#Cc2ccccc2)c1)N(Cc1ccccc1)C1CC1. The van der Waals surface area contributed by atoms with Gasteiger partial charge in [0.05, 0.1) is 0 Å². The van der Waals surface area contributed by atoms with Crippen LogP contribution in [0.25, 0.3) is 0 Å². The molecular weight excluding hydrogens is 344 g/mol. The van der Waals surface area contributed by atoms with Gasteiger partial charge >= 0.3 is 6.03 Å². The molecular formula is C25H22N2O. The minimum atomic E-state index is -0.0560. The quantitative estimate of drug-likeness (QED) is 0.626. The van der Waals surface area contributed by atoms with E-state index in [1.807, 2.05) is 77.7 Å². The number of hydrogen-bond donors (Lipinski definition) is 1. The minimum absolute atomic E-state index is 0.0560. The Bertz CT molecular complexity index is 999. The molecule has 28 heavy (non-hydrogen) atoms. The third-order valence-corrected chi connectivity index (χ3v) is 4.68. The lowest BCUT2D eigenvalue weighted by molar-refractivity contribution is 0.206. The van der Waals surface area contributed by atoms with Crippen LogP contribution in [0.3, 0.4) is 0 Å². The first kappa shape index (κ1) is 17.9. The third kappa shape index (κ3) is 4.81. The Morgan fingerprint density at radius 1 is 0.857 bits per heavy atom. The van der Waals surface area contributed by atoms with Gasteiger partial charge in [-0.05, 0) is 48.7 Å². The van der Waals surface area contributed by atoms with Crippen LogP contribution in [-0.2, 0) is 6.54 Å². The number of carbonyl (C=O) groups excluding carboxylic acids is 1. The van der Waals surface area contributed by atoms with Crippen LogP contribution in [0.15, 0.2) is 84.9 Å². The number of benzene rings is 3. The molecule has 4 rings (SSSR count). The standard InChI is InChI=1S/C25H22N2O/c28-25(27(24-16-17-24)19-22-10-5-2-6-11-22)26-23-13-7-12-21(18-23)15-14-20-8-3-1-4-9-20/h1-13,18,24H,16-17,19H2,(H,26,28). The second kappa shape index (κ2) is 8.45. The number of nitrogens with zero attached hydrogens (tertiary/aromatic N) is 1. The molecule has 3 nitrogen and oxygen atoms in total. The molecule has 138 valence electrons. The third-order valence-electron chi connectivity index (χ3n) is 4.68. The Morgan fingerprint density at radius 3 is 2.21 bits per heavy atom. The van der Waals surface area contributed by atoms with Crippen molar-refractivity contribution in [2.75, 3.05) is 5.32 Å². The van der Waals surface area contributed by atoms with E-state index in [4.69, 9.17) is 0 Å². The monoisotopic (exact) mass is 366 g/mol. The van der Waals surface area contributed by atoms with Crippen molar-refractivity contribution in [3.8, 4) is 11.8 Å². The summed E-state index contributed by atoms with van der Waals surface area (Å²) in [6.07, 6.45) is 2.14. The molecule has 3 heteroatoms. The number of amides is 2. The van der Waals surface area contributed by atoms with Gasteiger partial charge in [0.2, 0.25) is 0 Å². The summed E-state index contributed by atoms with van der Waals surface area (Å²) >= 11 is 0. The van der Waals surface area contributed by atoms with Crippen LogP contribution in [0, 0.1) is 11.8 Å². The Hall–Kier alpha value is -3.51. The Kier molecular flexibility index (Phi) is 5.40. The van der Waals surface area contributed by atoms with Gasteiger partial charge in [-0.3, -0.25) is 0 Å². The van der Waals surface area contributed by atoms with Crippen LogP contribution in [0.5, 0.6) is 0 Å². The van der Waals surface area contributed by atoms with Gasteiger partial charge in [0.1, 0.15) is 0 Å². The van der Waals surface area contributed by atoms with Crippen molar-refractivity contribution in [2.24, 2.45) is 0 Å². The lowest BCUT2D eigenvalue weighted by Crippen LogP contribution is -2.36. The molecule has 0 atom stereocenters. The van der Waals surface area contributed by atoms with Gasteiger partial charge in [-0.2, -0.15) is 0 Å². The molecule has 1 saturated carbocycles. The van der Waals surface area contributed by atoms with E-state index in [-0.39, 0.29) is 6.03 Å². The Labute approximate surface area is 166 Å². The number of carbonyl (C=O) groups is 1. The number of hydrogen-bond acceptors (Lipinski definition) is 1. The second-order valence-corrected chi connectivity index (χ2v) is 6.97. The van der Waals surface area contributed by atoms with E-state index in [1.165, 1.54) is 0 Å². The molecule has 0 spiro atoms. The molecule has 0 radical (unpaired) electrons. The van der Waals surface area contributed by atoms with Crippen molar-refractivity contribution in [1.29, 1.82) is 0 Å². The van der Waals surface area contributed by atoms with Gasteiger partial charge in [-0.25, -0.2) is 4.79 Å². The fourth-order valence-electron chi connectivity index (χ4n) is 3.07. The molecule has 0 saturated heterocycles. The van der Waals surface area contributed by atoms with Crippen molar-refractivity contribution in [1.82, 2.24) is 4.90 Å². The molecule has 3 aromatic rings. The molecule has 1 N–H and O–H groups in total. The second-order valence-electron chi connectivity index (χ2n) is 6.97. The summed E-state index contributed by atoms with van der Waals surface area (Å²) < 4.78 is 0. The molecule has 0 aliphatic heterocycles. The average molecular weight is 366 g/mol. The smallest absolute Gasteiger partial charge is 0.317 e. The van der Waals surface area contributed by atoms with E-state index in [9.17, 15) is 4.79 Å². The van der Waals surface area contributed by atoms with E-state index < -0.39 is 0 Å². The topological polar surface area (TPSA) is 32.3 Å². The maximum Gasteiger partial charge on any atom is 0.322 e. The van der Waals surface area contributed by atoms with Gasteiger partial charge in [0.25, 0.3) is 0 Å². The predicted octanol–water partition coefficient (Wildman–Crippen LogP) is 5.28. The van der Waals surface area contributed by atoms with E-state index in [2.05, 4.69) is 29.3 Å². The molecule has 0 heterocycles. The summed E-state index contributed by atoms with van der Waals surface area (Å²) in [5.41, 5.74) is 3.76. The lowest BCUT2D eigenvalue weighted by atomic mass is 10.1. The number of rotatable bonds is 4. The maximum absolute atomic E-state index is 12.9. The Morgan fingerprint density at radius 2 is 1.50 bits per heavy atom. The van der Waals surface area contributed by atoms with Gasteiger partial charge in [0.15, 0.2) is 0 Å². The average Bonchev–Trinajstić information content (AvgIpc) is 3.57. The van der Waals surface area contributed by atoms with E-state index in [0.29, 0.717) is 12.6 Å². The van der Waals surface area contributed by atoms with Crippen molar-refractivity contribution in [2.45, 2.75) is 25.4 Å². The van der Waals surface area contributed by atoms with Crippen LogP contribution in [0.4, 0.5) is 10.5 Å². The van der Waals surface area contributed by atoms with Crippen molar-refractivity contribution in [3.63, 3.8) is 0 Å². The van der Waals surface area contributed by atoms with Gasteiger partial charge < -0.3 is 10.2 Å². The molecule has 1 aliphatic carbocycles. The molecule has 2 amide bonds. The molecule has 1 aliphatic rings. The van der Waals surface area contributed by atoms with Crippen LogP contribution in [-0.4, -0.2) is 17.0 Å². The maximum atomic E-state index is 12.9. The van der Waals surface area contributed by atoms with Crippen molar-refractivity contribution < 1.29 is 4.79 Å². The van der Waals surface area contributed by atoms with Crippen LogP contribution in [0.2, 0.25) is 0 Å². The summed E-state index contributed by atoms with van der Waals surface area (Å²) in [6, 6.07) is 28.0. The summed E-state index contributed by atoms with van der Waals surface area (Å²) in [6.45, 7) is 0.630. The van der Waals surface area contributed by atoms with Crippen LogP contribution < -0.4 is 5.32 Å². The van der Waals surface area contributed by atoms with Crippen LogP contribution in [0.1, 0.15) is 29.5 Å². The van der Waals surface area contributed by atoms with Gasteiger partial charge in [0, 0.05) is 29.4 Å². The fourth-order valence-corrected chi connectivity index (χ4v) is 3.07. The number of nitrogens with one attached hydrogen (secondary N) is 1. The minimum Gasteiger partial charge on any atom is -0.317 e. The van der Waals surface area contributed by atoms with E-state index in [0.717, 1.165) is 35.2 Å². The van der Waals surface area contributed by atoms with Gasteiger partial charge in [-0.1, -0.05) is 66.4 Å². The fraction of sp³-hybridized carbons (Fsp3) is 0.160. The Balaban J connectivity index is 1.46. The molecule has 0 bridgehead atoms. The highest BCUT2D eigenvalue weighted by atomic mass is 16.2.